The van der Waals surface area contributed by atoms with Gasteiger partial charge in [0.1, 0.15) is 0 Å². The molecule has 30 heavy (non-hydrogen) atoms. The van der Waals surface area contributed by atoms with E-state index in [2.05, 4.69) is 33.4 Å². The Morgan fingerprint density at radius 1 is 1.17 bits per heavy atom. The average molecular weight is 415 g/mol. The van der Waals surface area contributed by atoms with Crippen LogP contribution in [0.1, 0.15) is 98.8 Å². The molecule has 0 aromatic heterocycles. The van der Waals surface area contributed by atoms with Crippen LogP contribution in [0.5, 0.6) is 0 Å². The summed E-state index contributed by atoms with van der Waals surface area (Å²) in [5.41, 5.74) is 1.12. The number of fused-ring (bicyclic) bond motifs is 5. The monoisotopic (exact) mass is 414 g/mol. The molecule has 3 saturated carbocycles. The summed E-state index contributed by atoms with van der Waals surface area (Å²) in [7, 11) is 0. The zero-order chi connectivity index (χ0) is 21.9. The van der Waals surface area contributed by atoms with Crippen molar-refractivity contribution in [1.82, 2.24) is 0 Å². The molecule has 0 heterocycles. The van der Waals surface area contributed by atoms with Crippen LogP contribution < -0.4 is 0 Å². The highest BCUT2D eigenvalue weighted by molar-refractivity contribution is 5.26. The summed E-state index contributed by atoms with van der Waals surface area (Å²) in [6.07, 6.45) is 15.9. The van der Waals surface area contributed by atoms with Crippen LogP contribution in [0.3, 0.4) is 0 Å². The Labute approximate surface area is 185 Å². The van der Waals surface area contributed by atoms with E-state index in [1.165, 1.54) is 32.1 Å². The minimum absolute atomic E-state index is 0.318. The van der Waals surface area contributed by atoms with Crippen LogP contribution in [-0.2, 0) is 0 Å². The minimum Gasteiger partial charge on any atom is -0.390 e. The van der Waals surface area contributed by atoms with E-state index in [-0.39, 0.29) is 0 Å². The SMILES string of the molecule is C=CC(C)(O)CC[C@@H](C)[C@H]1CCC2[C@@H]3CC=C4C[C@@](C)(O)CC[C@]4(C)[C@H]3CC[C@@]21C. The summed E-state index contributed by atoms with van der Waals surface area (Å²) in [6, 6.07) is 0. The predicted octanol–water partition coefficient (Wildman–Crippen LogP) is 6.67. The van der Waals surface area contributed by atoms with Gasteiger partial charge in [0.2, 0.25) is 0 Å². The third kappa shape index (κ3) is 3.64. The van der Waals surface area contributed by atoms with E-state index in [0.717, 1.165) is 55.8 Å². The van der Waals surface area contributed by atoms with Gasteiger partial charge in [-0.15, -0.1) is 6.58 Å². The number of allylic oxidation sites excluding steroid dienone is 1. The van der Waals surface area contributed by atoms with Crippen molar-refractivity contribution < 1.29 is 10.2 Å². The van der Waals surface area contributed by atoms with Gasteiger partial charge >= 0.3 is 0 Å². The Morgan fingerprint density at radius 2 is 1.90 bits per heavy atom. The van der Waals surface area contributed by atoms with Crippen LogP contribution >= 0.6 is 0 Å². The fourth-order valence-electron chi connectivity index (χ4n) is 8.60. The molecule has 0 aliphatic heterocycles. The third-order valence-corrected chi connectivity index (χ3v) is 10.7. The standard InChI is InChI=1S/C28H46O2/c1-7-25(3,29)14-12-19(2)22-10-11-23-21-9-8-20-18-26(4,30)16-17-27(20,5)24(21)13-15-28(22,23)6/h7-8,19,21-24,29-30H,1,9-18H2,2-6H3/t19-,21+,22-,23?,24+,25?,26+,27+,28-/m1/s1. The van der Waals surface area contributed by atoms with E-state index in [9.17, 15) is 10.2 Å². The van der Waals surface area contributed by atoms with Crippen molar-refractivity contribution >= 4 is 0 Å². The normalized spacial score (nSPS) is 48.6. The smallest absolute Gasteiger partial charge is 0.0797 e. The van der Waals surface area contributed by atoms with Crippen LogP contribution in [0.4, 0.5) is 0 Å². The summed E-state index contributed by atoms with van der Waals surface area (Å²) in [4.78, 5) is 0. The Bertz CT molecular complexity index is 703. The van der Waals surface area contributed by atoms with Crippen LogP contribution in [0, 0.1) is 40.4 Å². The topological polar surface area (TPSA) is 40.5 Å². The highest BCUT2D eigenvalue weighted by Crippen LogP contribution is 2.67. The quantitative estimate of drug-likeness (QED) is 0.493. The van der Waals surface area contributed by atoms with Gasteiger partial charge in [-0.05, 0) is 118 Å². The Kier molecular flexibility index (Phi) is 5.63. The van der Waals surface area contributed by atoms with Crippen LogP contribution in [-0.4, -0.2) is 21.4 Å². The molecule has 3 fully saturated rings. The number of hydrogen-bond donors (Lipinski definition) is 2. The first-order chi connectivity index (χ1) is 13.9. The van der Waals surface area contributed by atoms with Gasteiger partial charge < -0.3 is 10.2 Å². The zero-order valence-corrected chi connectivity index (χ0v) is 20.2. The summed E-state index contributed by atoms with van der Waals surface area (Å²) >= 11 is 0. The molecule has 9 atom stereocenters. The molecule has 0 bridgehead atoms. The predicted molar refractivity (Wildman–Crippen MR) is 125 cm³/mol. The van der Waals surface area contributed by atoms with Gasteiger partial charge in [0.05, 0.1) is 11.2 Å². The van der Waals surface area contributed by atoms with Crippen molar-refractivity contribution in [3.63, 3.8) is 0 Å². The van der Waals surface area contributed by atoms with E-state index in [4.69, 9.17) is 0 Å². The van der Waals surface area contributed by atoms with Crippen LogP contribution in [0.15, 0.2) is 24.3 Å². The van der Waals surface area contributed by atoms with Crippen molar-refractivity contribution in [1.29, 1.82) is 0 Å². The highest BCUT2D eigenvalue weighted by atomic mass is 16.3. The first-order valence-electron chi connectivity index (χ1n) is 12.7. The average Bonchev–Trinajstić information content (AvgIpc) is 3.04. The van der Waals surface area contributed by atoms with E-state index >= 15 is 0 Å². The lowest BCUT2D eigenvalue weighted by atomic mass is 9.46. The molecule has 0 saturated heterocycles. The number of aliphatic hydroxyl groups is 2. The lowest BCUT2D eigenvalue weighted by Gasteiger charge is -2.59. The molecule has 2 heteroatoms. The van der Waals surface area contributed by atoms with Gasteiger partial charge in [-0.2, -0.15) is 0 Å². The first kappa shape index (κ1) is 22.6. The largest absolute Gasteiger partial charge is 0.390 e. The minimum atomic E-state index is -0.730. The lowest BCUT2D eigenvalue weighted by Crippen LogP contribution is -2.52. The second-order valence-electron chi connectivity index (χ2n) is 12.7. The summed E-state index contributed by atoms with van der Waals surface area (Å²) in [5, 5.41) is 21.1. The Balaban J connectivity index is 1.51. The summed E-state index contributed by atoms with van der Waals surface area (Å²) in [5.74, 6) is 3.93. The van der Waals surface area contributed by atoms with Crippen molar-refractivity contribution in [2.45, 2.75) is 110 Å². The van der Waals surface area contributed by atoms with Gasteiger partial charge in [0.25, 0.3) is 0 Å². The second-order valence-corrected chi connectivity index (χ2v) is 12.7. The van der Waals surface area contributed by atoms with E-state index in [0.29, 0.717) is 16.7 Å². The third-order valence-electron chi connectivity index (χ3n) is 10.7. The number of rotatable bonds is 5. The molecule has 4 aliphatic carbocycles. The van der Waals surface area contributed by atoms with E-state index in [1.807, 2.05) is 13.8 Å². The molecule has 0 spiro atoms. The van der Waals surface area contributed by atoms with Gasteiger partial charge in [0.15, 0.2) is 0 Å². The van der Waals surface area contributed by atoms with E-state index in [1.54, 1.807) is 11.6 Å². The van der Waals surface area contributed by atoms with Crippen LogP contribution in [0.2, 0.25) is 0 Å². The second kappa shape index (κ2) is 7.48. The molecule has 0 aromatic carbocycles. The maximum absolute atomic E-state index is 10.7. The fourth-order valence-corrected chi connectivity index (χ4v) is 8.60. The molecule has 2 unspecified atom stereocenters. The van der Waals surface area contributed by atoms with Crippen LogP contribution in [0.25, 0.3) is 0 Å². The summed E-state index contributed by atoms with van der Waals surface area (Å²) in [6.45, 7) is 15.3. The van der Waals surface area contributed by atoms with Crippen molar-refractivity contribution in [2.75, 3.05) is 0 Å². The lowest BCUT2D eigenvalue weighted by molar-refractivity contribution is -0.0711. The Hall–Kier alpha value is -0.600. The maximum Gasteiger partial charge on any atom is 0.0797 e. The molecule has 0 aromatic rings. The van der Waals surface area contributed by atoms with E-state index < -0.39 is 11.2 Å². The molecule has 0 radical (unpaired) electrons. The highest BCUT2D eigenvalue weighted by Gasteiger charge is 2.59. The molecule has 170 valence electrons. The fraction of sp³-hybridized carbons (Fsp3) is 0.857. The molecule has 4 rings (SSSR count). The first-order valence-corrected chi connectivity index (χ1v) is 12.7. The van der Waals surface area contributed by atoms with Gasteiger partial charge in [-0.3, -0.25) is 0 Å². The molecule has 2 N–H and O–H groups in total. The molecule has 2 nitrogen and oxygen atoms in total. The number of hydrogen-bond acceptors (Lipinski definition) is 2. The van der Waals surface area contributed by atoms with Crippen molar-refractivity contribution in [3.8, 4) is 0 Å². The van der Waals surface area contributed by atoms with Gasteiger partial charge in [0, 0.05) is 0 Å². The van der Waals surface area contributed by atoms with Gasteiger partial charge in [-0.25, -0.2) is 0 Å². The van der Waals surface area contributed by atoms with Crippen molar-refractivity contribution in [3.05, 3.63) is 24.3 Å². The zero-order valence-electron chi connectivity index (χ0n) is 20.2. The molecular formula is C28H46O2. The molecule has 4 aliphatic rings. The summed E-state index contributed by atoms with van der Waals surface area (Å²) < 4.78 is 0. The molecule has 0 amide bonds. The molecular weight excluding hydrogens is 368 g/mol. The van der Waals surface area contributed by atoms with Gasteiger partial charge in [-0.1, -0.05) is 38.5 Å². The maximum atomic E-state index is 10.7. The Morgan fingerprint density at radius 3 is 2.60 bits per heavy atom. The van der Waals surface area contributed by atoms with Crippen molar-refractivity contribution in [2.24, 2.45) is 40.4 Å².